The Morgan fingerprint density at radius 3 is 3.05 bits per heavy atom. The lowest BCUT2D eigenvalue weighted by molar-refractivity contribution is 0.0999. The molecule has 0 bridgehead atoms. The molecule has 0 aliphatic carbocycles. The molecule has 110 valence electrons. The molecule has 0 saturated carbocycles. The Hall–Kier alpha value is -1.88. The molecule has 2 aromatic rings. The molecule has 21 heavy (non-hydrogen) atoms. The van der Waals surface area contributed by atoms with Gasteiger partial charge in [-0.15, -0.1) is 11.3 Å². The first kappa shape index (κ1) is 14.1. The van der Waals surface area contributed by atoms with Crippen LogP contribution in [0.15, 0.2) is 23.6 Å². The highest BCUT2D eigenvalue weighted by molar-refractivity contribution is 7.09. The second-order valence-electron chi connectivity index (χ2n) is 5.28. The quantitative estimate of drug-likeness (QED) is 0.944. The first-order valence-corrected chi connectivity index (χ1v) is 8.17. The number of nitrogens with two attached hydrogens (primary N) is 1. The molecule has 1 aromatic heterocycles. The molecular formula is C16H19N3OS. The zero-order valence-corrected chi connectivity index (χ0v) is 12.9. The monoisotopic (exact) mass is 301 g/mol. The van der Waals surface area contributed by atoms with E-state index in [4.69, 9.17) is 5.73 Å². The van der Waals surface area contributed by atoms with E-state index >= 15 is 0 Å². The number of nitrogens with zero attached hydrogens (tertiary/aromatic N) is 2. The smallest absolute Gasteiger partial charge is 0.249 e. The molecule has 4 nitrogen and oxygen atoms in total. The average molecular weight is 301 g/mol. The molecule has 0 radical (unpaired) electrons. The van der Waals surface area contributed by atoms with E-state index in [0.717, 1.165) is 49.3 Å². The number of hydrogen-bond donors (Lipinski definition) is 1. The van der Waals surface area contributed by atoms with Gasteiger partial charge in [0.25, 0.3) is 0 Å². The Balaban J connectivity index is 1.90. The third-order valence-corrected chi connectivity index (χ3v) is 4.91. The standard InChI is InChI=1S/C16H19N3OS/c1-2-15-18-11(10-21-15)9-19-8-4-6-12-13(16(17)20)5-3-7-14(12)19/h3,5,7,10H,2,4,6,8-9H2,1H3,(H2,17,20). The fourth-order valence-corrected chi connectivity index (χ4v) is 3.61. The van der Waals surface area contributed by atoms with Gasteiger partial charge >= 0.3 is 0 Å². The predicted octanol–water partition coefficient (Wildman–Crippen LogP) is 2.76. The number of aromatic nitrogens is 1. The van der Waals surface area contributed by atoms with Crippen molar-refractivity contribution in [3.63, 3.8) is 0 Å². The number of fused-ring (bicyclic) bond motifs is 1. The van der Waals surface area contributed by atoms with Gasteiger partial charge in [0.1, 0.15) is 0 Å². The van der Waals surface area contributed by atoms with E-state index in [0.29, 0.717) is 5.56 Å². The molecule has 0 spiro atoms. The number of benzene rings is 1. The van der Waals surface area contributed by atoms with Crippen LogP contribution >= 0.6 is 11.3 Å². The van der Waals surface area contributed by atoms with Gasteiger partial charge in [-0.2, -0.15) is 0 Å². The fourth-order valence-electron chi connectivity index (χ4n) is 2.88. The van der Waals surface area contributed by atoms with E-state index in [1.165, 1.54) is 5.01 Å². The lowest BCUT2D eigenvalue weighted by Gasteiger charge is -2.31. The van der Waals surface area contributed by atoms with E-state index in [2.05, 4.69) is 28.3 Å². The molecule has 0 fully saturated rings. The van der Waals surface area contributed by atoms with Gasteiger partial charge in [-0.3, -0.25) is 4.79 Å². The van der Waals surface area contributed by atoms with Gasteiger partial charge in [-0.05, 0) is 37.0 Å². The Morgan fingerprint density at radius 2 is 2.33 bits per heavy atom. The second-order valence-corrected chi connectivity index (χ2v) is 6.22. The highest BCUT2D eigenvalue weighted by Gasteiger charge is 2.21. The number of primary amides is 1. The lowest BCUT2D eigenvalue weighted by Crippen LogP contribution is -2.30. The molecule has 2 N–H and O–H groups in total. The van der Waals surface area contributed by atoms with Crippen molar-refractivity contribution in [1.82, 2.24) is 4.98 Å². The molecule has 1 aliphatic rings. The second kappa shape index (κ2) is 5.85. The summed E-state index contributed by atoms with van der Waals surface area (Å²) in [5.41, 5.74) is 9.47. The Labute approximate surface area is 128 Å². The van der Waals surface area contributed by atoms with Crippen molar-refractivity contribution in [2.24, 2.45) is 5.73 Å². The van der Waals surface area contributed by atoms with E-state index in [1.54, 1.807) is 11.3 Å². The maximum Gasteiger partial charge on any atom is 0.249 e. The van der Waals surface area contributed by atoms with Gasteiger partial charge in [-0.1, -0.05) is 13.0 Å². The average Bonchev–Trinajstić information content (AvgIpc) is 2.94. The lowest BCUT2D eigenvalue weighted by atomic mass is 9.96. The van der Waals surface area contributed by atoms with Crippen LogP contribution in [0.1, 0.15) is 40.0 Å². The summed E-state index contributed by atoms with van der Waals surface area (Å²) in [6.07, 6.45) is 2.94. The minimum atomic E-state index is -0.337. The summed E-state index contributed by atoms with van der Waals surface area (Å²) >= 11 is 1.72. The minimum absolute atomic E-state index is 0.337. The van der Waals surface area contributed by atoms with Crippen LogP contribution in [-0.4, -0.2) is 17.4 Å². The van der Waals surface area contributed by atoms with Gasteiger partial charge in [0, 0.05) is 23.2 Å². The molecule has 0 atom stereocenters. The Kier molecular flexibility index (Phi) is 3.92. The fraction of sp³-hybridized carbons (Fsp3) is 0.375. The number of carbonyl (C=O) groups excluding carboxylic acids is 1. The summed E-state index contributed by atoms with van der Waals surface area (Å²) in [5.74, 6) is -0.337. The van der Waals surface area contributed by atoms with Crippen LogP contribution in [-0.2, 0) is 19.4 Å². The molecule has 1 aromatic carbocycles. The third-order valence-electron chi connectivity index (χ3n) is 3.87. The van der Waals surface area contributed by atoms with Gasteiger partial charge in [0.2, 0.25) is 5.91 Å². The molecule has 0 unspecified atom stereocenters. The summed E-state index contributed by atoms with van der Waals surface area (Å²) in [6.45, 7) is 3.91. The van der Waals surface area contributed by atoms with Crippen molar-refractivity contribution in [1.29, 1.82) is 0 Å². The normalized spacial score (nSPS) is 14.0. The zero-order chi connectivity index (χ0) is 14.8. The first-order chi connectivity index (χ1) is 10.2. The van der Waals surface area contributed by atoms with Crippen LogP contribution in [0.25, 0.3) is 0 Å². The topological polar surface area (TPSA) is 59.2 Å². The van der Waals surface area contributed by atoms with Gasteiger partial charge < -0.3 is 10.6 Å². The van der Waals surface area contributed by atoms with Gasteiger partial charge in [0.05, 0.1) is 17.2 Å². The van der Waals surface area contributed by atoms with Crippen molar-refractivity contribution in [3.8, 4) is 0 Å². The van der Waals surface area contributed by atoms with Crippen molar-refractivity contribution >= 4 is 22.9 Å². The van der Waals surface area contributed by atoms with Crippen molar-refractivity contribution in [2.75, 3.05) is 11.4 Å². The van der Waals surface area contributed by atoms with E-state index in [1.807, 2.05) is 12.1 Å². The molecule has 0 saturated heterocycles. The number of amides is 1. The largest absolute Gasteiger partial charge is 0.366 e. The molecule has 2 heterocycles. The molecule has 1 amide bonds. The van der Waals surface area contributed by atoms with Gasteiger partial charge in [0.15, 0.2) is 0 Å². The number of thiazole rings is 1. The number of aryl methyl sites for hydroxylation is 1. The highest BCUT2D eigenvalue weighted by Crippen LogP contribution is 2.31. The SMILES string of the molecule is CCc1nc(CN2CCCc3c(C(N)=O)cccc32)cs1. The Morgan fingerprint density at radius 1 is 1.48 bits per heavy atom. The summed E-state index contributed by atoms with van der Waals surface area (Å²) in [7, 11) is 0. The predicted molar refractivity (Wildman–Crippen MR) is 85.8 cm³/mol. The molecule has 1 aliphatic heterocycles. The van der Waals surface area contributed by atoms with Crippen LogP contribution < -0.4 is 10.6 Å². The Bertz CT molecular complexity index is 665. The zero-order valence-electron chi connectivity index (χ0n) is 12.1. The summed E-state index contributed by atoms with van der Waals surface area (Å²) in [5, 5.41) is 3.30. The third kappa shape index (κ3) is 2.78. The summed E-state index contributed by atoms with van der Waals surface area (Å²) < 4.78 is 0. The number of hydrogen-bond acceptors (Lipinski definition) is 4. The number of rotatable bonds is 4. The minimum Gasteiger partial charge on any atom is -0.366 e. The molecular weight excluding hydrogens is 282 g/mol. The van der Waals surface area contributed by atoms with E-state index in [-0.39, 0.29) is 5.91 Å². The van der Waals surface area contributed by atoms with Crippen molar-refractivity contribution in [2.45, 2.75) is 32.7 Å². The van der Waals surface area contributed by atoms with Crippen LogP contribution in [0, 0.1) is 0 Å². The van der Waals surface area contributed by atoms with E-state index in [9.17, 15) is 4.79 Å². The van der Waals surface area contributed by atoms with Crippen LogP contribution in [0.4, 0.5) is 5.69 Å². The highest BCUT2D eigenvalue weighted by atomic mass is 32.1. The number of carbonyl (C=O) groups is 1. The molecule has 3 rings (SSSR count). The summed E-state index contributed by atoms with van der Waals surface area (Å²) in [4.78, 5) is 18.5. The van der Waals surface area contributed by atoms with Crippen LogP contribution in [0.5, 0.6) is 0 Å². The maximum atomic E-state index is 11.6. The van der Waals surface area contributed by atoms with E-state index < -0.39 is 0 Å². The van der Waals surface area contributed by atoms with Crippen LogP contribution in [0.2, 0.25) is 0 Å². The first-order valence-electron chi connectivity index (χ1n) is 7.29. The van der Waals surface area contributed by atoms with Crippen molar-refractivity contribution < 1.29 is 4.79 Å². The van der Waals surface area contributed by atoms with Gasteiger partial charge in [-0.25, -0.2) is 4.98 Å². The summed E-state index contributed by atoms with van der Waals surface area (Å²) in [6, 6.07) is 5.81. The maximum absolute atomic E-state index is 11.6. The van der Waals surface area contributed by atoms with Crippen molar-refractivity contribution in [3.05, 3.63) is 45.4 Å². The van der Waals surface area contributed by atoms with Crippen LogP contribution in [0.3, 0.4) is 0 Å². The number of anilines is 1. The molecule has 5 heteroatoms.